The molecule has 0 radical (unpaired) electrons. The quantitative estimate of drug-likeness (QED) is 0.650. The summed E-state index contributed by atoms with van der Waals surface area (Å²) >= 11 is 0. The van der Waals surface area contributed by atoms with Gasteiger partial charge in [0.15, 0.2) is 27.9 Å². The third kappa shape index (κ3) is 4.95. The maximum absolute atomic E-state index is 12.7. The van der Waals surface area contributed by atoms with E-state index in [9.17, 15) is 18.0 Å². The second kappa shape index (κ2) is 8.38. The Balaban J connectivity index is 1.62. The highest BCUT2D eigenvalue weighted by Gasteiger charge is 2.35. The molecule has 0 aliphatic carbocycles. The third-order valence-electron chi connectivity index (χ3n) is 4.64. The molecule has 2 aliphatic heterocycles. The molecule has 0 N–H and O–H groups in total. The van der Waals surface area contributed by atoms with Crippen LogP contribution in [0.3, 0.4) is 0 Å². The summed E-state index contributed by atoms with van der Waals surface area (Å²) in [6.45, 7) is 4.74. The van der Waals surface area contributed by atoms with Crippen molar-refractivity contribution in [3.63, 3.8) is 0 Å². The molecular weight excluding hydrogens is 386 g/mol. The zero-order chi connectivity index (χ0) is 20.3. The molecule has 3 rings (SSSR count). The number of esters is 1. The normalized spacial score (nSPS) is 20.0. The summed E-state index contributed by atoms with van der Waals surface area (Å²) in [6, 6.07) is 4.33. The zero-order valence-corrected chi connectivity index (χ0v) is 16.9. The Morgan fingerprint density at radius 1 is 1.21 bits per heavy atom. The lowest BCUT2D eigenvalue weighted by atomic mass is 10.1. The molecule has 9 heteroatoms. The Labute approximate surface area is 164 Å². The molecular formula is C19H25NO7S. The van der Waals surface area contributed by atoms with E-state index in [0.717, 1.165) is 0 Å². The molecule has 28 heavy (non-hydrogen) atoms. The highest BCUT2D eigenvalue weighted by Crippen LogP contribution is 2.31. The largest absolute Gasteiger partial charge is 0.486 e. The average molecular weight is 411 g/mol. The van der Waals surface area contributed by atoms with E-state index in [1.165, 1.54) is 11.0 Å². The smallest absolute Gasteiger partial charge is 0.338 e. The number of hydrogen-bond donors (Lipinski definition) is 0. The van der Waals surface area contributed by atoms with Gasteiger partial charge in [0.2, 0.25) is 0 Å². The fourth-order valence-corrected chi connectivity index (χ4v) is 5.06. The van der Waals surface area contributed by atoms with Crippen LogP contribution in [-0.2, 0) is 19.4 Å². The predicted molar refractivity (Wildman–Crippen MR) is 101 cm³/mol. The average Bonchev–Trinajstić information content (AvgIpc) is 3.02. The Kier molecular flexibility index (Phi) is 6.12. The van der Waals surface area contributed by atoms with E-state index in [-0.39, 0.29) is 34.9 Å². The Morgan fingerprint density at radius 2 is 1.93 bits per heavy atom. The lowest BCUT2D eigenvalue weighted by Gasteiger charge is -2.29. The van der Waals surface area contributed by atoms with E-state index < -0.39 is 22.4 Å². The minimum Gasteiger partial charge on any atom is -0.486 e. The van der Waals surface area contributed by atoms with Crippen molar-refractivity contribution < 1.29 is 32.2 Å². The standard InChI is InChI=1S/C19H25NO7S/c1-13(2)10-20(15-5-8-28(23,24)12-15)18(21)11-27-19(22)14-3-4-16-17(9-14)26-7-6-25-16/h3-4,9,13,15H,5-8,10-12H2,1-2H3/t15-/m1/s1. The van der Waals surface area contributed by atoms with Gasteiger partial charge in [0, 0.05) is 12.6 Å². The van der Waals surface area contributed by atoms with Crippen LogP contribution in [0, 0.1) is 5.92 Å². The fourth-order valence-electron chi connectivity index (χ4n) is 3.33. The molecule has 0 bridgehead atoms. The zero-order valence-electron chi connectivity index (χ0n) is 16.0. The summed E-state index contributed by atoms with van der Waals surface area (Å²) in [5.74, 6) is 0.198. The lowest BCUT2D eigenvalue weighted by molar-refractivity contribution is -0.137. The first kappa shape index (κ1) is 20.4. The molecule has 1 saturated heterocycles. The minimum atomic E-state index is -3.12. The van der Waals surface area contributed by atoms with Crippen molar-refractivity contribution in [3.05, 3.63) is 23.8 Å². The van der Waals surface area contributed by atoms with Gasteiger partial charge in [0.05, 0.1) is 17.1 Å². The summed E-state index contributed by atoms with van der Waals surface area (Å²) in [4.78, 5) is 26.5. The molecule has 2 aliphatic rings. The van der Waals surface area contributed by atoms with Gasteiger partial charge in [-0.25, -0.2) is 13.2 Å². The highest BCUT2D eigenvalue weighted by molar-refractivity contribution is 7.91. The Hall–Kier alpha value is -2.29. The van der Waals surface area contributed by atoms with Gasteiger partial charge in [-0.15, -0.1) is 0 Å². The number of fused-ring (bicyclic) bond motifs is 1. The van der Waals surface area contributed by atoms with Crippen LogP contribution in [0.1, 0.15) is 30.6 Å². The number of sulfone groups is 1. The first-order valence-electron chi connectivity index (χ1n) is 9.32. The van der Waals surface area contributed by atoms with Gasteiger partial charge in [0.25, 0.3) is 5.91 Å². The number of hydrogen-bond acceptors (Lipinski definition) is 7. The van der Waals surface area contributed by atoms with E-state index in [1.807, 2.05) is 13.8 Å². The van der Waals surface area contributed by atoms with Crippen molar-refractivity contribution in [3.8, 4) is 11.5 Å². The van der Waals surface area contributed by atoms with E-state index in [1.54, 1.807) is 12.1 Å². The van der Waals surface area contributed by atoms with Gasteiger partial charge in [-0.3, -0.25) is 4.79 Å². The number of rotatable bonds is 6. The van der Waals surface area contributed by atoms with Crippen LogP contribution in [0.4, 0.5) is 0 Å². The number of nitrogens with zero attached hydrogens (tertiary/aromatic N) is 1. The monoisotopic (exact) mass is 411 g/mol. The maximum Gasteiger partial charge on any atom is 0.338 e. The van der Waals surface area contributed by atoms with E-state index >= 15 is 0 Å². The first-order chi connectivity index (χ1) is 13.2. The molecule has 1 atom stereocenters. The molecule has 154 valence electrons. The second-order valence-electron chi connectivity index (χ2n) is 7.43. The number of carbonyl (C=O) groups excluding carboxylic acids is 2. The molecule has 0 aromatic heterocycles. The maximum atomic E-state index is 12.7. The topological polar surface area (TPSA) is 99.2 Å². The molecule has 2 heterocycles. The van der Waals surface area contributed by atoms with Crippen LogP contribution in [-0.4, -0.2) is 69.1 Å². The van der Waals surface area contributed by atoms with Crippen molar-refractivity contribution in [1.82, 2.24) is 4.90 Å². The van der Waals surface area contributed by atoms with E-state index in [0.29, 0.717) is 37.7 Å². The van der Waals surface area contributed by atoms with Crippen LogP contribution in [0.25, 0.3) is 0 Å². The summed E-state index contributed by atoms with van der Waals surface area (Å²) in [5.41, 5.74) is 0.260. The van der Waals surface area contributed by atoms with Gasteiger partial charge in [-0.05, 0) is 30.5 Å². The number of amides is 1. The second-order valence-corrected chi connectivity index (χ2v) is 9.66. The van der Waals surface area contributed by atoms with Gasteiger partial charge < -0.3 is 19.1 Å². The van der Waals surface area contributed by atoms with Crippen molar-refractivity contribution in [2.24, 2.45) is 5.92 Å². The van der Waals surface area contributed by atoms with Gasteiger partial charge in [-0.1, -0.05) is 13.8 Å². The van der Waals surface area contributed by atoms with Gasteiger partial charge in [0.1, 0.15) is 13.2 Å². The van der Waals surface area contributed by atoms with E-state index in [4.69, 9.17) is 14.2 Å². The summed E-state index contributed by atoms with van der Waals surface area (Å²) in [6.07, 6.45) is 0.414. The molecule has 1 aromatic carbocycles. The molecule has 1 aromatic rings. The van der Waals surface area contributed by atoms with Crippen LogP contribution in [0.5, 0.6) is 11.5 Å². The Bertz CT molecular complexity index is 850. The van der Waals surface area contributed by atoms with Crippen molar-refractivity contribution in [2.45, 2.75) is 26.3 Å². The first-order valence-corrected chi connectivity index (χ1v) is 11.1. The summed E-state index contributed by atoms with van der Waals surface area (Å²) in [7, 11) is -3.12. The molecule has 1 amide bonds. The molecule has 0 unspecified atom stereocenters. The third-order valence-corrected chi connectivity index (χ3v) is 6.39. The predicted octanol–water partition coefficient (Wildman–Crippen LogP) is 1.29. The minimum absolute atomic E-state index is 0.0401. The van der Waals surface area contributed by atoms with Crippen LogP contribution in [0.15, 0.2) is 18.2 Å². The van der Waals surface area contributed by atoms with E-state index in [2.05, 4.69) is 0 Å². The lowest BCUT2D eigenvalue weighted by Crippen LogP contribution is -2.45. The van der Waals surface area contributed by atoms with Crippen molar-refractivity contribution >= 4 is 21.7 Å². The van der Waals surface area contributed by atoms with Crippen LogP contribution >= 0.6 is 0 Å². The summed E-state index contributed by atoms with van der Waals surface area (Å²) < 4.78 is 39.6. The van der Waals surface area contributed by atoms with Gasteiger partial charge >= 0.3 is 5.97 Å². The number of carbonyl (C=O) groups is 2. The molecule has 0 spiro atoms. The SMILES string of the molecule is CC(C)CN(C(=O)COC(=O)c1ccc2c(c1)OCCO2)[C@@H]1CCS(=O)(=O)C1. The van der Waals surface area contributed by atoms with Crippen LogP contribution < -0.4 is 9.47 Å². The van der Waals surface area contributed by atoms with Crippen molar-refractivity contribution in [2.75, 3.05) is 37.9 Å². The van der Waals surface area contributed by atoms with Crippen molar-refractivity contribution in [1.29, 1.82) is 0 Å². The molecule has 8 nitrogen and oxygen atoms in total. The highest BCUT2D eigenvalue weighted by atomic mass is 32.2. The van der Waals surface area contributed by atoms with Gasteiger partial charge in [-0.2, -0.15) is 0 Å². The van der Waals surface area contributed by atoms with Crippen LogP contribution in [0.2, 0.25) is 0 Å². The molecule has 1 fully saturated rings. The number of ether oxygens (including phenoxy) is 3. The summed E-state index contributed by atoms with van der Waals surface area (Å²) in [5, 5.41) is 0. The Morgan fingerprint density at radius 3 is 2.57 bits per heavy atom. The fraction of sp³-hybridized carbons (Fsp3) is 0.579. The molecule has 0 saturated carbocycles. The number of benzene rings is 1.